The molecule has 5 heteroatoms. The molecule has 0 aromatic carbocycles. The van der Waals surface area contributed by atoms with Gasteiger partial charge in [0.2, 0.25) is 0 Å². The Labute approximate surface area is 170 Å². The zero-order chi connectivity index (χ0) is 20.9. The van der Waals surface area contributed by atoms with E-state index in [-0.39, 0.29) is 6.42 Å². The third-order valence-corrected chi connectivity index (χ3v) is 4.46. The lowest BCUT2D eigenvalue weighted by Gasteiger charge is -2.05. The van der Waals surface area contributed by atoms with Gasteiger partial charge in [-0.1, -0.05) is 63.3 Å². The van der Waals surface area contributed by atoms with Crippen LogP contribution in [0.5, 0.6) is 0 Å². The summed E-state index contributed by atoms with van der Waals surface area (Å²) in [5, 5.41) is 17.6. The van der Waals surface area contributed by atoms with Crippen molar-refractivity contribution in [2.24, 2.45) is 0 Å². The minimum Gasteiger partial charge on any atom is -0.393 e. The molecule has 0 bridgehead atoms. The zero-order valence-corrected chi connectivity index (χ0v) is 17.6. The molecule has 5 nitrogen and oxygen atoms in total. The largest absolute Gasteiger partial charge is 0.393 e. The van der Waals surface area contributed by atoms with E-state index in [4.69, 9.17) is 10.2 Å². The molecule has 1 atom stereocenters. The van der Waals surface area contributed by atoms with E-state index in [9.17, 15) is 9.59 Å². The second kappa shape index (κ2) is 20.3. The topological polar surface area (TPSA) is 83.8 Å². The van der Waals surface area contributed by atoms with Gasteiger partial charge in [0, 0.05) is 6.42 Å². The fourth-order valence-corrected chi connectivity index (χ4v) is 2.71. The van der Waals surface area contributed by atoms with E-state index in [1.54, 1.807) is 0 Å². The average molecular weight is 397 g/mol. The lowest BCUT2D eigenvalue weighted by molar-refractivity contribution is -0.167. The first-order valence-electron chi connectivity index (χ1n) is 10.9. The summed E-state index contributed by atoms with van der Waals surface area (Å²) in [4.78, 5) is 22.5. The van der Waals surface area contributed by atoms with E-state index in [0.717, 1.165) is 25.7 Å². The third kappa shape index (κ3) is 17.9. The first-order chi connectivity index (χ1) is 13.6. The summed E-state index contributed by atoms with van der Waals surface area (Å²) in [7, 11) is 0. The van der Waals surface area contributed by atoms with Crippen molar-refractivity contribution < 1.29 is 24.5 Å². The highest BCUT2D eigenvalue weighted by Crippen LogP contribution is 2.08. The summed E-state index contributed by atoms with van der Waals surface area (Å²) >= 11 is 0. The number of aliphatic hydroxyl groups is 2. The Balaban J connectivity index is 3.41. The third-order valence-electron chi connectivity index (χ3n) is 4.46. The number of esters is 2. The molecule has 2 N–H and O–H groups in total. The number of hydrogen-bond acceptors (Lipinski definition) is 5. The average Bonchev–Trinajstić information content (AvgIpc) is 2.69. The van der Waals surface area contributed by atoms with Crippen molar-refractivity contribution in [3.05, 3.63) is 24.3 Å². The van der Waals surface area contributed by atoms with Crippen LogP contribution in [-0.4, -0.2) is 34.9 Å². The predicted molar refractivity (Wildman–Crippen MR) is 113 cm³/mol. The lowest BCUT2D eigenvalue weighted by Crippen LogP contribution is -2.28. The van der Waals surface area contributed by atoms with E-state index in [1.807, 2.05) is 6.08 Å². The van der Waals surface area contributed by atoms with Gasteiger partial charge in [0.1, 0.15) is 0 Å². The summed E-state index contributed by atoms with van der Waals surface area (Å²) in [6.45, 7) is 1.50. The number of unbranched alkanes of at least 4 members (excludes halogenated alkanes) is 10. The van der Waals surface area contributed by atoms with Gasteiger partial charge < -0.3 is 14.9 Å². The maximum Gasteiger partial charge on any atom is 0.345 e. The monoisotopic (exact) mass is 396 g/mol. The minimum absolute atomic E-state index is 0.123. The van der Waals surface area contributed by atoms with Crippen LogP contribution in [0, 0.1) is 0 Å². The van der Waals surface area contributed by atoms with Crippen LogP contribution in [0.3, 0.4) is 0 Å². The molecule has 0 saturated heterocycles. The summed E-state index contributed by atoms with van der Waals surface area (Å²) in [6.07, 6.45) is 22.5. The van der Waals surface area contributed by atoms with Gasteiger partial charge in [-0.05, 0) is 51.4 Å². The Morgan fingerprint density at radius 2 is 1.25 bits per heavy atom. The predicted octanol–water partition coefficient (Wildman–Crippen LogP) is 5.00. The van der Waals surface area contributed by atoms with Crippen molar-refractivity contribution in [1.82, 2.24) is 0 Å². The number of hydrogen-bond donors (Lipinski definition) is 2. The van der Waals surface area contributed by atoms with Crippen LogP contribution >= 0.6 is 0 Å². The van der Waals surface area contributed by atoms with Gasteiger partial charge in [-0.25, -0.2) is 4.79 Å². The van der Waals surface area contributed by atoms with Crippen LogP contribution < -0.4 is 0 Å². The molecule has 0 aromatic heterocycles. The fraction of sp³-hybridized carbons (Fsp3) is 0.739. The van der Waals surface area contributed by atoms with Crippen molar-refractivity contribution in [2.75, 3.05) is 6.61 Å². The van der Waals surface area contributed by atoms with Crippen LogP contribution in [0.25, 0.3) is 0 Å². The summed E-state index contributed by atoms with van der Waals surface area (Å²) in [6, 6.07) is 0. The van der Waals surface area contributed by atoms with Gasteiger partial charge in [-0.15, -0.1) is 0 Å². The van der Waals surface area contributed by atoms with Gasteiger partial charge in [0.25, 0.3) is 0 Å². The highest BCUT2D eigenvalue weighted by Gasteiger charge is 2.18. The number of carbonyl (C=O) groups excluding carboxylic acids is 2. The number of carbonyl (C=O) groups is 2. The molecule has 0 saturated carbocycles. The normalized spacial score (nSPS) is 12.7. The molecule has 0 rings (SSSR count). The Bertz CT molecular complexity index is 442. The van der Waals surface area contributed by atoms with Crippen LogP contribution in [0.2, 0.25) is 0 Å². The van der Waals surface area contributed by atoms with Crippen LogP contribution in [0.15, 0.2) is 24.3 Å². The fourth-order valence-electron chi connectivity index (χ4n) is 2.71. The highest BCUT2D eigenvalue weighted by atomic mass is 16.6. The van der Waals surface area contributed by atoms with Crippen molar-refractivity contribution >= 4 is 11.9 Å². The molecular weight excluding hydrogens is 356 g/mol. The molecule has 162 valence electrons. The van der Waals surface area contributed by atoms with Gasteiger partial charge in [0.15, 0.2) is 6.10 Å². The molecule has 0 aliphatic rings. The maximum absolute atomic E-state index is 11.4. The van der Waals surface area contributed by atoms with E-state index in [2.05, 4.69) is 29.9 Å². The molecule has 0 aromatic rings. The SMILES string of the molecule is CCCCCCCCC=CCCCC/C=C\CCCC(=O)OC(=O)C(O)CO. The smallest absolute Gasteiger partial charge is 0.345 e. The molecule has 0 spiro atoms. The molecule has 0 aliphatic carbocycles. The molecule has 0 heterocycles. The first kappa shape index (κ1) is 26.5. The molecule has 0 fully saturated rings. The summed E-state index contributed by atoms with van der Waals surface area (Å²) in [5.74, 6) is -1.76. The van der Waals surface area contributed by atoms with Crippen molar-refractivity contribution in [3.63, 3.8) is 0 Å². The summed E-state index contributed by atoms with van der Waals surface area (Å²) in [5.41, 5.74) is 0. The second-order valence-corrected chi connectivity index (χ2v) is 7.17. The Morgan fingerprint density at radius 1 is 0.786 bits per heavy atom. The first-order valence-corrected chi connectivity index (χ1v) is 10.9. The zero-order valence-electron chi connectivity index (χ0n) is 17.6. The summed E-state index contributed by atoms with van der Waals surface area (Å²) < 4.78 is 4.41. The standard InChI is InChI=1S/C23H40O5/c1-2-3-4-5-6-7-8-9-10-11-12-13-14-15-16-17-18-19-22(26)28-23(27)21(25)20-24/h9-10,15-16,21,24-25H,2-8,11-14,17-20H2,1H3/b10-9?,16-15-. The van der Waals surface area contributed by atoms with E-state index in [1.165, 1.54) is 51.4 Å². The number of rotatable bonds is 18. The van der Waals surface area contributed by atoms with Gasteiger partial charge >= 0.3 is 11.9 Å². The Kier molecular flexibility index (Phi) is 19.2. The Morgan fingerprint density at radius 3 is 1.79 bits per heavy atom. The van der Waals surface area contributed by atoms with Gasteiger partial charge in [-0.2, -0.15) is 0 Å². The lowest BCUT2D eigenvalue weighted by atomic mass is 10.1. The van der Waals surface area contributed by atoms with Gasteiger partial charge in [0.05, 0.1) is 6.61 Å². The van der Waals surface area contributed by atoms with E-state index >= 15 is 0 Å². The number of allylic oxidation sites excluding steroid dienone is 4. The van der Waals surface area contributed by atoms with Gasteiger partial charge in [-0.3, -0.25) is 4.79 Å². The van der Waals surface area contributed by atoms with Crippen molar-refractivity contribution in [2.45, 2.75) is 103 Å². The molecule has 28 heavy (non-hydrogen) atoms. The van der Waals surface area contributed by atoms with E-state index in [0.29, 0.717) is 6.42 Å². The van der Waals surface area contributed by atoms with Crippen LogP contribution in [0.4, 0.5) is 0 Å². The molecule has 1 unspecified atom stereocenters. The molecule has 0 amide bonds. The highest BCUT2D eigenvalue weighted by molar-refractivity contribution is 5.87. The van der Waals surface area contributed by atoms with Crippen molar-refractivity contribution in [1.29, 1.82) is 0 Å². The van der Waals surface area contributed by atoms with Crippen LogP contribution in [-0.2, 0) is 14.3 Å². The minimum atomic E-state index is -1.64. The van der Waals surface area contributed by atoms with Crippen LogP contribution in [0.1, 0.15) is 96.8 Å². The number of ether oxygens (including phenoxy) is 1. The maximum atomic E-state index is 11.4. The molecule has 0 aliphatic heterocycles. The number of aliphatic hydroxyl groups excluding tert-OH is 2. The molecule has 0 radical (unpaired) electrons. The second-order valence-electron chi connectivity index (χ2n) is 7.17. The molecular formula is C23H40O5. The van der Waals surface area contributed by atoms with Crippen molar-refractivity contribution in [3.8, 4) is 0 Å². The Hall–Kier alpha value is -1.46. The quantitative estimate of drug-likeness (QED) is 0.147. The van der Waals surface area contributed by atoms with E-state index < -0.39 is 24.6 Å².